The van der Waals surface area contributed by atoms with E-state index >= 15 is 0 Å². The van der Waals surface area contributed by atoms with E-state index in [1.54, 1.807) is 42.1 Å². The van der Waals surface area contributed by atoms with Crippen molar-refractivity contribution in [1.82, 2.24) is 9.97 Å². The number of sulfone groups is 1. The molecule has 0 bridgehead atoms. The molecule has 7 heteroatoms. The Labute approximate surface area is 175 Å². The average molecular weight is 424 g/mol. The summed E-state index contributed by atoms with van der Waals surface area (Å²) in [6.45, 7) is 1.89. The van der Waals surface area contributed by atoms with E-state index in [1.165, 1.54) is 0 Å². The normalized spacial score (nSPS) is 16.0. The molecule has 1 aromatic heterocycles. The topological polar surface area (TPSA) is 83.7 Å². The summed E-state index contributed by atoms with van der Waals surface area (Å²) >= 11 is 1.56. The first-order valence-corrected chi connectivity index (χ1v) is 12.0. The lowest BCUT2D eigenvalue weighted by Crippen LogP contribution is -2.16. The lowest BCUT2D eigenvalue weighted by molar-refractivity contribution is 0.589. The molecular weight excluding hydrogens is 402 g/mol. The van der Waals surface area contributed by atoms with Crippen molar-refractivity contribution in [3.05, 3.63) is 59.8 Å². The highest BCUT2D eigenvalue weighted by Crippen LogP contribution is 2.39. The van der Waals surface area contributed by atoms with Crippen LogP contribution in [0.5, 0.6) is 0 Å². The number of benzene rings is 2. The first-order valence-electron chi connectivity index (χ1n) is 9.62. The van der Waals surface area contributed by atoms with E-state index in [-0.39, 0.29) is 10.6 Å². The molecule has 1 aliphatic carbocycles. The van der Waals surface area contributed by atoms with Gasteiger partial charge in [0.1, 0.15) is 10.7 Å². The number of hydrogen-bond donors (Lipinski definition) is 0. The first-order chi connectivity index (χ1) is 14.0. The van der Waals surface area contributed by atoms with Gasteiger partial charge in [-0.15, -0.1) is 11.8 Å². The fourth-order valence-corrected chi connectivity index (χ4v) is 6.34. The second-order valence-electron chi connectivity index (χ2n) is 7.29. The van der Waals surface area contributed by atoms with Gasteiger partial charge in [0, 0.05) is 5.25 Å². The molecule has 5 nitrogen and oxygen atoms in total. The summed E-state index contributed by atoms with van der Waals surface area (Å²) in [7, 11) is -3.92. The molecule has 1 unspecified atom stereocenters. The van der Waals surface area contributed by atoms with Gasteiger partial charge in [0.25, 0.3) is 0 Å². The number of thioether (sulfide) groups is 1. The summed E-state index contributed by atoms with van der Waals surface area (Å²) in [5.41, 5.74) is 2.50. The molecule has 0 aliphatic heterocycles. The van der Waals surface area contributed by atoms with Crippen LogP contribution in [0.2, 0.25) is 0 Å². The molecule has 0 N–H and O–H groups in total. The van der Waals surface area contributed by atoms with Crippen LogP contribution in [0.15, 0.2) is 58.5 Å². The van der Waals surface area contributed by atoms with Crippen LogP contribution in [0.25, 0.3) is 11.0 Å². The zero-order valence-corrected chi connectivity index (χ0v) is 17.7. The van der Waals surface area contributed by atoms with E-state index in [4.69, 9.17) is 4.98 Å². The van der Waals surface area contributed by atoms with Gasteiger partial charge < -0.3 is 0 Å². The fourth-order valence-electron chi connectivity index (χ4n) is 3.56. The van der Waals surface area contributed by atoms with E-state index < -0.39 is 15.1 Å². The van der Waals surface area contributed by atoms with Gasteiger partial charge in [-0.3, -0.25) is 0 Å². The zero-order valence-electron chi connectivity index (χ0n) is 16.1. The molecule has 1 fully saturated rings. The van der Waals surface area contributed by atoms with Gasteiger partial charge in [-0.25, -0.2) is 18.4 Å². The van der Waals surface area contributed by atoms with E-state index in [0.717, 1.165) is 31.2 Å². The van der Waals surface area contributed by atoms with Crippen molar-refractivity contribution in [2.75, 3.05) is 0 Å². The maximum Gasteiger partial charge on any atom is 0.200 e. The summed E-state index contributed by atoms with van der Waals surface area (Å²) in [4.78, 5) is 9.45. The van der Waals surface area contributed by atoms with E-state index in [9.17, 15) is 13.7 Å². The van der Waals surface area contributed by atoms with Crippen LogP contribution in [0.1, 0.15) is 42.2 Å². The standard InChI is InChI=1S/C22H21N3O2S2/c1-15-10-12-17(13-11-15)29(26,27)20(14-23)21-22(28-16-6-2-3-7-16)25-19-9-5-4-8-18(19)24-21/h4-5,8-13,16,20H,2-3,6-7H2,1H3. The Kier molecular flexibility index (Phi) is 5.57. The molecule has 29 heavy (non-hydrogen) atoms. The number of aryl methyl sites for hydroxylation is 1. The smallest absolute Gasteiger partial charge is 0.200 e. The van der Waals surface area contributed by atoms with Crippen LogP contribution in [0, 0.1) is 18.3 Å². The third-order valence-electron chi connectivity index (χ3n) is 5.17. The minimum atomic E-state index is -3.92. The maximum absolute atomic E-state index is 13.3. The highest BCUT2D eigenvalue weighted by atomic mass is 32.2. The summed E-state index contributed by atoms with van der Waals surface area (Å²) in [6, 6.07) is 15.9. The van der Waals surface area contributed by atoms with Crippen molar-refractivity contribution >= 4 is 32.6 Å². The number of hydrogen-bond acceptors (Lipinski definition) is 6. The van der Waals surface area contributed by atoms with Crippen LogP contribution < -0.4 is 0 Å². The first kappa shape index (κ1) is 19.9. The average Bonchev–Trinajstić information content (AvgIpc) is 3.22. The predicted molar refractivity (Wildman–Crippen MR) is 114 cm³/mol. The number of nitrogens with zero attached hydrogens (tertiary/aromatic N) is 3. The second-order valence-corrected chi connectivity index (χ2v) is 10.6. The number of nitriles is 1. The molecule has 0 amide bonds. The minimum Gasteiger partial charge on any atom is -0.246 e. The van der Waals surface area contributed by atoms with Crippen molar-refractivity contribution in [3.8, 4) is 6.07 Å². The Balaban J connectivity index is 1.84. The Morgan fingerprint density at radius 1 is 1.03 bits per heavy atom. The minimum absolute atomic E-state index is 0.126. The van der Waals surface area contributed by atoms with Gasteiger partial charge in [0.2, 0.25) is 0 Å². The molecule has 0 spiro atoms. The molecule has 1 aliphatic rings. The SMILES string of the molecule is Cc1ccc(S(=O)(=O)C(C#N)c2nc3ccccc3nc2SC2CCCC2)cc1. The molecule has 0 radical (unpaired) electrons. The molecule has 1 saturated carbocycles. The third kappa shape index (κ3) is 4.00. The number of rotatable bonds is 5. The van der Waals surface area contributed by atoms with Gasteiger partial charge in [0.05, 0.1) is 22.0 Å². The predicted octanol–water partition coefficient (Wildman–Crippen LogP) is 5.01. The van der Waals surface area contributed by atoms with Crippen LogP contribution >= 0.6 is 11.8 Å². The van der Waals surface area contributed by atoms with Crippen LogP contribution in [0.4, 0.5) is 0 Å². The molecule has 0 saturated heterocycles. The molecular formula is C22H21N3O2S2. The number of fused-ring (bicyclic) bond motifs is 1. The lowest BCUT2D eigenvalue weighted by atomic mass is 10.2. The second kappa shape index (κ2) is 8.13. The Hall–Kier alpha value is -2.43. The van der Waals surface area contributed by atoms with Gasteiger partial charge in [-0.2, -0.15) is 5.26 Å². The zero-order chi connectivity index (χ0) is 20.4. The molecule has 2 aromatic carbocycles. The Bertz CT molecular complexity index is 1180. The molecule has 4 rings (SSSR count). The van der Waals surface area contributed by atoms with E-state index in [0.29, 0.717) is 21.3 Å². The summed E-state index contributed by atoms with van der Waals surface area (Å²) in [5, 5.41) is 9.42. The van der Waals surface area contributed by atoms with E-state index in [2.05, 4.69) is 4.98 Å². The van der Waals surface area contributed by atoms with Gasteiger partial charge in [-0.1, -0.05) is 42.7 Å². The van der Waals surface area contributed by atoms with E-state index in [1.807, 2.05) is 31.2 Å². The largest absolute Gasteiger partial charge is 0.246 e. The summed E-state index contributed by atoms with van der Waals surface area (Å²) < 4.78 is 26.6. The number of aromatic nitrogens is 2. The number of para-hydroxylation sites is 2. The molecule has 1 atom stereocenters. The van der Waals surface area contributed by atoms with Crippen LogP contribution in [0.3, 0.4) is 0 Å². The Morgan fingerprint density at radius 3 is 2.28 bits per heavy atom. The fraction of sp³-hybridized carbons (Fsp3) is 0.318. The Morgan fingerprint density at radius 2 is 1.66 bits per heavy atom. The van der Waals surface area contributed by atoms with Crippen molar-refractivity contribution < 1.29 is 8.42 Å². The van der Waals surface area contributed by atoms with Crippen molar-refractivity contribution in [3.63, 3.8) is 0 Å². The summed E-state index contributed by atoms with van der Waals surface area (Å²) in [5.74, 6) is 0. The van der Waals surface area contributed by atoms with Crippen LogP contribution in [-0.2, 0) is 9.84 Å². The van der Waals surface area contributed by atoms with Crippen molar-refractivity contribution in [1.29, 1.82) is 5.26 Å². The van der Waals surface area contributed by atoms with Gasteiger partial charge in [0.15, 0.2) is 15.1 Å². The summed E-state index contributed by atoms with van der Waals surface area (Å²) in [6.07, 6.45) is 4.47. The molecule has 148 valence electrons. The maximum atomic E-state index is 13.3. The monoisotopic (exact) mass is 423 g/mol. The molecule has 1 heterocycles. The molecule has 3 aromatic rings. The van der Waals surface area contributed by atoms with Gasteiger partial charge >= 0.3 is 0 Å². The van der Waals surface area contributed by atoms with Gasteiger partial charge in [-0.05, 0) is 44.0 Å². The highest BCUT2D eigenvalue weighted by Gasteiger charge is 2.34. The third-order valence-corrected chi connectivity index (χ3v) is 8.38. The lowest BCUT2D eigenvalue weighted by Gasteiger charge is -2.17. The quantitative estimate of drug-likeness (QED) is 0.573. The van der Waals surface area contributed by atoms with Crippen molar-refractivity contribution in [2.24, 2.45) is 0 Å². The highest BCUT2D eigenvalue weighted by molar-refractivity contribution is 8.00. The van der Waals surface area contributed by atoms with Crippen molar-refractivity contribution in [2.45, 2.75) is 53.0 Å². The van der Waals surface area contributed by atoms with Crippen LogP contribution in [-0.4, -0.2) is 23.6 Å².